The average molecular weight is 689 g/mol. The van der Waals surface area contributed by atoms with Crippen molar-refractivity contribution in [1.82, 2.24) is 15.0 Å². The van der Waals surface area contributed by atoms with Crippen LogP contribution in [0.1, 0.15) is 0 Å². The standard InChI is InChI=1S/C45H27N3Se/c1-3-12-29(13-4-1)34-17-9-19-37-38-26-24-30-23-25-35-36(40(30)42(38)49-41(34)37)18-10-20-39(35)45-47-43(31-14-5-2-6-15-31)46-44(48-45)33-22-21-28-11-7-8-16-32(28)27-33/h1-27H. The Balaban J connectivity index is 1.22. The quantitative estimate of drug-likeness (QED) is 0.136. The number of fused-ring (bicyclic) bond motifs is 8. The van der Waals surface area contributed by atoms with Crippen LogP contribution in [0.5, 0.6) is 0 Å². The second-order valence-corrected chi connectivity index (χ2v) is 14.5. The summed E-state index contributed by atoms with van der Waals surface area (Å²) in [5.41, 5.74) is 5.55. The van der Waals surface area contributed by atoms with Crippen LogP contribution in [-0.4, -0.2) is 29.5 Å². The molecule has 2 aromatic heterocycles. The van der Waals surface area contributed by atoms with Crippen molar-refractivity contribution in [3.63, 3.8) is 0 Å². The van der Waals surface area contributed by atoms with Crippen molar-refractivity contribution in [3.8, 4) is 45.3 Å². The van der Waals surface area contributed by atoms with Crippen LogP contribution in [0.15, 0.2) is 164 Å². The number of nitrogens with zero attached hydrogens (tertiary/aromatic N) is 3. The fourth-order valence-electron chi connectivity index (χ4n) is 7.14. The Kier molecular flexibility index (Phi) is 6.51. The van der Waals surface area contributed by atoms with Gasteiger partial charge in [0.1, 0.15) is 0 Å². The summed E-state index contributed by atoms with van der Waals surface area (Å²) in [5.74, 6) is 2.01. The fraction of sp³-hybridized carbons (Fsp3) is 0. The van der Waals surface area contributed by atoms with Crippen LogP contribution in [0.3, 0.4) is 0 Å². The Morgan fingerprint density at radius 1 is 0.327 bits per heavy atom. The Bertz CT molecular complexity index is 2880. The topological polar surface area (TPSA) is 38.7 Å². The Hall–Kier alpha value is -5.93. The first-order valence-electron chi connectivity index (χ1n) is 16.4. The monoisotopic (exact) mass is 689 g/mol. The summed E-state index contributed by atoms with van der Waals surface area (Å²) in [7, 11) is 0. The predicted molar refractivity (Wildman–Crippen MR) is 206 cm³/mol. The van der Waals surface area contributed by atoms with E-state index < -0.39 is 0 Å². The Morgan fingerprint density at radius 2 is 0.918 bits per heavy atom. The molecule has 0 radical (unpaired) electrons. The van der Waals surface area contributed by atoms with Gasteiger partial charge in [0.2, 0.25) is 0 Å². The molecular formula is C45H27N3Se. The average Bonchev–Trinajstić information content (AvgIpc) is 3.57. The minimum atomic E-state index is 0.151. The van der Waals surface area contributed by atoms with E-state index in [1.807, 2.05) is 18.2 Å². The predicted octanol–water partition coefficient (Wildman–Crippen LogP) is 11.4. The molecule has 10 aromatic rings. The third-order valence-electron chi connectivity index (χ3n) is 9.51. The molecule has 0 N–H and O–H groups in total. The molecule has 10 rings (SSSR count). The first-order valence-corrected chi connectivity index (χ1v) is 18.2. The molecule has 0 amide bonds. The second kappa shape index (κ2) is 11.3. The van der Waals surface area contributed by atoms with Crippen molar-refractivity contribution in [3.05, 3.63) is 164 Å². The molecule has 8 aromatic carbocycles. The molecule has 0 saturated heterocycles. The summed E-state index contributed by atoms with van der Waals surface area (Å²) in [6.45, 7) is 0. The molecule has 4 heteroatoms. The van der Waals surface area contributed by atoms with Crippen LogP contribution >= 0.6 is 0 Å². The zero-order chi connectivity index (χ0) is 32.3. The summed E-state index contributed by atoms with van der Waals surface area (Å²) in [6, 6.07) is 58.3. The molecule has 0 saturated carbocycles. The summed E-state index contributed by atoms with van der Waals surface area (Å²) in [4.78, 5) is 15.3. The van der Waals surface area contributed by atoms with Gasteiger partial charge in [-0.15, -0.1) is 0 Å². The third kappa shape index (κ3) is 4.69. The zero-order valence-electron chi connectivity index (χ0n) is 26.3. The number of hydrogen-bond donors (Lipinski definition) is 0. The van der Waals surface area contributed by atoms with E-state index in [2.05, 4.69) is 146 Å². The van der Waals surface area contributed by atoms with Crippen molar-refractivity contribution in [2.75, 3.05) is 0 Å². The fourth-order valence-corrected chi connectivity index (χ4v) is 10.1. The third-order valence-corrected chi connectivity index (χ3v) is 12.2. The van der Waals surface area contributed by atoms with Gasteiger partial charge in [0.15, 0.2) is 0 Å². The van der Waals surface area contributed by atoms with E-state index in [9.17, 15) is 0 Å². The first kappa shape index (κ1) is 28.1. The van der Waals surface area contributed by atoms with E-state index >= 15 is 0 Å². The van der Waals surface area contributed by atoms with Crippen molar-refractivity contribution in [2.24, 2.45) is 0 Å². The maximum atomic E-state index is 5.17. The Labute approximate surface area is 288 Å². The van der Waals surface area contributed by atoms with Crippen LogP contribution in [-0.2, 0) is 0 Å². The summed E-state index contributed by atoms with van der Waals surface area (Å²) in [6.07, 6.45) is 0. The van der Waals surface area contributed by atoms with Crippen LogP contribution in [0.25, 0.3) is 96.9 Å². The van der Waals surface area contributed by atoms with E-state index in [0.717, 1.165) is 27.5 Å². The molecule has 0 aliphatic heterocycles. The normalized spacial score (nSPS) is 11.7. The maximum absolute atomic E-state index is 5.17. The molecule has 0 fully saturated rings. The van der Waals surface area contributed by atoms with Crippen molar-refractivity contribution >= 4 is 66.1 Å². The van der Waals surface area contributed by atoms with Gasteiger partial charge in [0, 0.05) is 0 Å². The number of benzene rings is 8. The second-order valence-electron chi connectivity index (χ2n) is 12.4. The van der Waals surface area contributed by atoms with Gasteiger partial charge in [-0.05, 0) is 0 Å². The van der Waals surface area contributed by atoms with Crippen molar-refractivity contribution < 1.29 is 0 Å². The Morgan fingerprint density at radius 3 is 1.71 bits per heavy atom. The summed E-state index contributed by atoms with van der Waals surface area (Å²) < 4.78 is 2.91. The van der Waals surface area contributed by atoms with Gasteiger partial charge in [-0.2, -0.15) is 0 Å². The number of aromatic nitrogens is 3. The molecule has 228 valence electrons. The van der Waals surface area contributed by atoms with Crippen molar-refractivity contribution in [2.45, 2.75) is 0 Å². The first-order chi connectivity index (χ1) is 24.3. The molecule has 0 aliphatic carbocycles. The number of rotatable bonds is 4. The molecule has 49 heavy (non-hydrogen) atoms. The molecule has 0 atom stereocenters. The molecule has 2 heterocycles. The van der Waals surface area contributed by atoms with Crippen LogP contribution in [0, 0.1) is 0 Å². The van der Waals surface area contributed by atoms with Crippen molar-refractivity contribution in [1.29, 1.82) is 0 Å². The van der Waals surface area contributed by atoms with Gasteiger partial charge in [-0.1, -0.05) is 18.2 Å². The van der Waals surface area contributed by atoms with E-state index in [4.69, 9.17) is 15.0 Å². The minimum absolute atomic E-state index is 0.151. The molecule has 0 bridgehead atoms. The number of hydrogen-bond acceptors (Lipinski definition) is 3. The van der Waals surface area contributed by atoms with Gasteiger partial charge in [-0.3, -0.25) is 0 Å². The van der Waals surface area contributed by atoms with E-state index in [0.29, 0.717) is 17.5 Å². The SMILES string of the molecule is c1ccc(-c2nc(-c3ccc4ccccc4c3)nc(-c3cccc4c3ccc3ccc5c6cccc(-c7ccccc7)c6[se]c5c34)n2)cc1. The zero-order valence-corrected chi connectivity index (χ0v) is 28.1. The molecule has 3 nitrogen and oxygen atoms in total. The molecular weight excluding hydrogens is 661 g/mol. The molecule has 0 spiro atoms. The summed E-state index contributed by atoms with van der Waals surface area (Å²) in [5, 5.41) is 10.0. The van der Waals surface area contributed by atoms with E-state index in [-0.39, 0.29) is 14.5 Å². The molecule has 0 aliphatic rings. The van der Waals surface area contributed by atoms with Gasteiger partial charge in [0.25, 0.3) is 0 Å². The van der Waals surface area contributed by atoms with Crippen LogP contribution in [0.4, 0.5) is 0 Å². The van der Waals surface area contributed by atoms with Gasteiger partial charge in [-0.25, -0.2) is 0 Å². The summed E-state index contributed by atoms with van der Waals surface area (Å²) >= 11 is 0.151. The van der Waals surface area contributed by atoms with Gasteiger partial charge < -0.3 is 0 Å². The van der Waals surface area contributed by atoms with Gasteiger partial charge in [0.05, 0.1) is 0 Å². The van der Waals surface area contributed by atoms with E-state index in [1.165, 1.54) is 52.0 Å². The molecule has 0 unspecified atom stereocenters. The van der Waals surface area contributed by atoms with Gasteiger partial charge >= 0.3 is 272 Å². The van der Waals surface area contributed by atoms with Crippen LogP contribution < -0.4 is 0 Å². The van der Waals surface area contributed by atoms with Crippen LogP contribution in [0.2, 0.25) is 0 Å². The van der Waals surface area contributed by atoms with E-state index in [1.54, 1.807) is 0 Å².